The monoisotopic (exact) mass is 394 g/mol. The van der Waals surface area contributed by atoms with Gasteiger partial charge in [0, 0.05) is 17.8 Å². The maximum Gasteiger partial charge on any atom is 0.288 e. The molecule has 2 rings (SSSR count). The Kier molecular flexibility index (Phi) is 5.80. The van der Waals surface area contributed by atoms with Crippen molar-refractivity contribution in [3.63, 3.8) is 0 Å². The first-order valence-corrected chi connectivity index (χ1v) is 7.79. The molecule has 0 aliphatic heterocycles. The Morgan fingerprint density at radius 2 is 1.73 bits per heavy atom. The number of hydrogen-bond acceptors (Lipinski definition) is 6. The van der Waals surface area contributed by atoms with Crippen molar-refractivity contribution < 1.29 is 14.6 Å². The number of nitrogens with one attached hydrogen (secondary N) is 2. The third-order valence-corrected chi connectivity index (χ3v) is 3.82. The van der Waals surface area contributed by atoms with E-state index in [1.807, 2.05) is 0 Å². The molecular weight excluding hydrogens is 384 g/mol. The number of para-hydroxylation sites is 1. The second kappa shape index (κ2) is 7.85. The molecule has 134 valence electrons. The lowest BCUT2D eigenvalue weighted by atomic mass is 10.1. The van der Waals surface area contributed by atoms with E-state index < -0.39 is 15.8 Å². The molecule has 0 bridgehead atoms. The van der Waals surface area contributed by atoms with Crippen LogP contribution < -0.4 is 10.6 Å². The van der Waals surface area contributed by atoms with Crippen molar-refractivity contribution in [2.75, 3.05) is 5.32 Å². The molecule has 0 unspecified atom stereocenters. The molecule has 0 spiro atoms. The average molecular weight is 395 g/mol. The first-order chi connectivity index (χ1) is 12.2. The average Bonchev–Trinajstić information content (AvgIpc) is 2.57. The molecule has 0 saturated heterocycles. The molecule has 0 aromatic heterocycles. The van der Waals surface area contributed by atoms with Crippen LogP contribution in [0.2, 0.25) is 5.02 Å². The summed E-state index contributed by atoms with van der Waals surface area (Å²) in [6.07, 6.45) is 0. The minimum absolute atomic E-state index is 0.101. The number of anilines is 1. The summed E-state index contributed by atoms with van der Waals surface area (Å²) in [5, 5.41) is 26.6. The second-order valence-electron chi connectivity index (χ2n) is 5.06. The van der Waals surface area contributed by atoms with Gasteiger partial charge in [0.05, 0.1) is 9.85 Å². The molecule has 2 aromatic rings. The van der Waals surface area contributed by atoms with Crippen LogP contribution in [0, 0.1) is 27.2 Å². The Morgan fingerprint density at radius 1 is 1.12 bits per heavy atom. The molecule has 11 heteroatoms. The number of carbonyl (C=O) groups excluding carboxylic acids is 1. The van der Waals surface area contributed by atoms with Gasteiger partial charge in [-0.1, -0.05) is 23.7 Å². The Balaban J connectivity index is 2.17. The number of nitro benzene ring substituents is 2. The van der Waals surface area contributed by atoms with Crippen molar-refractivity contribution in [1.29, 1.82) is 0 Å². The topological polar surface area (TPSA) is 127 Å². The molecule has 0 fully saturated rings. The number of aryl methyl sites for hydroxylation is 1. The van der Waals surface area contributed by atoms with Crippen LogP contribution in [0.1, 0.15) is 15.9 Å². The van der Waals surface area contributed by atoms with E-state index in [9.17, 15) is 25.0 Å². The maximum atomic E-state index is 12.2. The Labute approximate surface area is 157 Å². The van der Waals surface area contributed by atoms with Crippen LogP contribution in [0.25, 0.3) is 0 Å². The molecule has 26 heavy (non-hydrogen) atoms. The lowest BCUT2D eigenvalue weighted by molar-refractivity contribution is -0.385. The third kappa shape index (κ3) is 4.29. The van der Waals surface area contributed by atoms with Gasteiger partial charge in [-0.2, -0.15) is 0 Å². The van der Waals surface area contributed by atoms with Gasteiger partial charge in [-0.3, -0.25) is 30.3 Å². The molecule has 1 amide bonds. The predicted octanol–water partition coefficient (Wildman–Crippen LogP) is 3.59. The van der Waals surface area contributed by atoms with E-state index in [0.29, 0.717) is 11.3 Å². The standard InChI is InChI=1S/C15H11ClN4O5S/c1-8-6-13(20(24)25)10(16)7-11(8)17-15(26)18-14(21)9-4-2-3-5-12(9)19(22)23/h2-7H,1H3,(H2,17,18,21,26). The SMILES string of the molecule is Cc1cc([N+](=O)[O-])c(Cl)cc1NC(=S)NC(=O)c1ccccc1[N+](=O)[O-]. The first kappa shape index (κ1) is 19.2. The van der Waals surface area contributed by atoms with Gasteiger partial charge in [-0.25, -0.2) is 0 Å². The zero-order chi connectivity index (χ0) is 19.4. The predicted molar refractivity (Wildman–Crippen MR) is 99.6 cm³/mol. The fourth-order valence-corrected chi connectivity index (χ4v) is 2.53. The number of benzene rings is 2. The van der Waals surface area contributed by atoms with Crippen molar-refractivity contribution in [2.45, 2.75) is 6.92 Å². The lowest BCUT2D eigenvalue weighted by Crippen LogP contribution is -2.34. The van der Waals surface area contributed by atoms with Crippen LogP contribution in [0.3, 0.4) is 0 Å². The number of thiocarbonyl (C=S) groups is 1. The molecule has 0 aliphatic rings. The molecular formula is C15H11ClN4O5S. The molecule has 0 aliphatic carbocycles. The number of nitrogens with zero attached hydrogens (tertiary/aromatic N) is 2. The second-order valence-corrected chi connectivity index (χ2v) is 5.87. The molecule has 2 N–H and O–H groups in total. The van der Waals surface area contributed by atoms with Gasteiger partial charge >= 0.3 is 0 Å². The number of amides is 1. The molecule has 0 radical (unpaired) electrons. The third-order valence-electron chi connectivity index (χ3n) is 3.31. The van der Waals surface area contributed by atoms with Crippen molar-refractivity contribution in [3.8, 4) is 0 Å². The minimum atomic E-state index is -0.763. The smallest absolute Gasteiger partial charge is 0.288 e. The molecule has 0 heterocycles. The minimum Gasteiger partial charge on any atom is -0.332 e. The molecule has 0 saturated carbocycles. The summed E-state index contributed by atoms with van der Waals surface area (Å²) in [5.74, 6) is -0.763. The first-order valence-electron chi connectivity index (χ1n) is 7.01. The van der Waals surface area contributed by atoms with Crippen molar-refractivity contribution in [2.24, 2.45) is 0 Å². The number of halogens is 1. The van der Waals surface area contributed by atoms with E-state index in [-0.39, 0.29) is 27.1 Å². The van der Waals surface area contributed by atoms with E-state index in [1.165, 1.54) is 36.4 Å². The van der Waals surface area contributed by atoms with Crippen molar-refractivity contribution in [1.82, 2.24) is 5.32 Å². The number of carbonyl (C=O) groups is 1. The van der Waals surface area contributed by atoms with Gasteiger partial charge in [-0.15, -0.1) is 0 Å². The summed E-state index contributed by atoms with van der Waals surface area (Å²) in [5.41, 5.74) is 0.0592. The highest BCUT2D eigenvalue weighted by atomic mass is 35.5. The van der Waals surface area contributed by atoms with Crippen LogP contribution >= 0.6 is 23.8 Å². The van der Waals surface area contributed by atoms with E-state index in [4.69, 9.17) is 23.8 Å². The Morgan fingerprint density at radius 3 is 2.35 bits per heavy atom. The normalized spacial score (nSPS) is 10.1. The van der Waals surface area contributed by atoms with Gasteiger partial charge in [0.15, 0.2) is 5.11 Å². The fourth-order valence-electron chi connectivity index (χ4n) is 2.09. The van der Waals surface area contributed by atoms with Crippen LogP contribution in [-0.2, 0) is 0 Å². The highest BCUT2D eigenvalue weighted by Gasteiger charge is 2.20. The van der Waals surface area contributed by atoms with E-state index >= 15 is 0 Å². The number of nitro groups is 2. The summed E-state index contributed by atoms with van der Waals surface area (Å²) in [6, 6.07) is 7.98. The maximum absolute atomic E-state index is 12.2. The lowest BCUT2D eigenvalue weighted by Gasteiger charge is -2.12. The molecule has 0 atom stereocenters. The van der Waals surface area contributed by atoms with Gasteiger partial charge in [0.1, 0.15) is 10.6 Å². The summed E-state index contributed by atoms with van der Waals surface area (Å²) in [6.45, 7) is 1.60. The largest absolute Gasteiger partial charge is 0.332 e. The van der Waals surface area contributed by atoms with Crippen LogP contribution in [0.15, 0.2) is 36.4 Å². The van der Waals surface area contributed by atoms with Crippen LogP contribution in [0.4, 0.5) is 17.1 Å². The summed E-state index contributed by atoms with van der Waals surface area (Å²) in [4.78, 5) is 32.8. The van der Waals surface area contributed by atoms with Gasteiger partial charge in [-0.05, 0) is 36.8 Å². The molecule has 9 nitrogen and oxygen atoms in total. The Bertz CT molecular complexity index is 934. The van der Waals surface area contributed by atoms with E-state index in [0.717, 1.165) is 0 Å². The Hall–Kier alpha value is -3.11. The van der Waals surface area contributed by atoms with Crippen LogP contribution in [0.5, 0.6) is 0 Å². The van der Waals surface area contributed by atoms with Gasteiger partial charge in [0.25, 0.3) is 17.3 Å². The summed E-state index contributed by atoms with van der Waals surface area (Å²) in [7, 11) is 0. The van der Waals surface area contributed by atoms with Crippen LogP contribution in [-0.4, -0.2) is 20.9 Å². The van der Waals surface area contributed by atoms with Crippen molar-refractivity contribution >= 4 is 51.9 Å². The number of rotatable bonds is 4. The zero-order valence-corrected chi connectivity index (χ0v) is 14.8. The number of hydrogen-bond donors (Lipinski definition) is 2. The zero-order valence-electron chi connectivity index (χ0n) is 13.2. The quantitative estimate of drug-likeness (QED) is 0.460. The van der Waals surface area contributed by atoms with E-state index in [2.05, 4.69) is 10.6 Å². The highest BCUT2D eigenvalue weighted by molar-refractivity contribution is 7.80. The van der Waals surface area contributed by atoms with Crippen molar-refractivity contribution in [3.05, 3.63) is 72.8 Å². The molecule has 2 aromatic carbocycles. The fraction of sp³-hybridized carbons (Fsp3) is 0.0667. The van der Waals surface area contributed by atoms with Gasteiger partial charge in [0.2, 0.25) is 0 Å². The summed E-state index contributed by atoms with van der Waals surface area (Å²) < 4.78 is 0. The highest BCUT2D eigenvalue weighted by Crippen LogP contribution is 2.30. The summed E-state index contributed by atoms with van der Waals surface area (Å²) >= 11 is 10.9. The van der Waals surface area contributed by atoms with Gasteiger partial charge < -0.3 is 5.32 Å². The van der Waals surface area contributed by atoms with E-state index in [1.54, 1.807) is 6.92 Å².